The zero-order valence-corrected chi connectivity index (χ0v) is 9.21. The monoisotopic (exact) mass is 237 g/mol. The molecule has 0 saturated heterocycles. The predicted octanol–water partition coefficient (Wildman–Crippen LogP) is 1.95. The largest absolute Gasteiger partial charge is 0.483 e. The van der Waals surface area contributed by atoms with Gasteiger partial charge in [-0.25, -0.2) is 4.79 Å². The fourth-order valence-electron chi connectivity index (χ4n) is 1.18. The Kier molecular flexibility index (Phi) is 4.21. The van der Waals surface area contributed by atoms with E-state index in [1.54, 1.807) is 0 Å². The van der Waals surface area contributed by atoms with E-state index in [0.29, 0.717) is 0 Å². The minimum Gasteiger partial charge on any atom is -0.483 e. The van der Waals surface area contributed by atoms with E-state index in [4.69, 9.17) is 4.74 Å². The molecule has 6 nitrogen and oxygen atoms in total. The molecule has 1 rings (SSSR count). The zero-order valence-electron chi connectivity index (χ0n) is 9.21. The van der Waals surface area contributed by atoms with E-state index < -0.39 is 10.9 Å². The quantitative estimate of drug-likeness (QED) is 0.338. The number of rotatable bonds is 5. The molecule has 6 heteroatoms. The molecular weight excluding hydrogens is 226 g/mol. The molecule has 0 bridgehead atoms. The lowest BCUT2D eigenvalue weighted by atomic mass is 10.2. The highest BCUT2D eigenvalue weighted by Gasteiger charge is 2.18. The Morgan fingerprint density at radius 1 is 1.59 bits per heavy atom. The average Bonchev–Trinajstić information content (AvgIpc) is 2.35. The molecule has 0 atom stereocenters. The van der Waals surface area contributed by atoms with E-state index >= 15 is 0 Å². The van der Waals surface area contributed by atoms with Crippen molar-refractivity contribution in [3.63, 3.8) is 0 Å². The maximum absolute atomic E-state index is 11.2. The van der Waals surface area contributed by atoms with Gasteiger partial charge in [-0.15, -0.1) is 0 Å². The first-order chi connectivity index (χ1) is 8.10. The van der Waals surface area contributed by atoms with Crippen LogP contribution in [-0.4, -0.2) is 24.6 Å². The smallest absolute Gasteiger partial charge is 0.338 e. The molecule has 1 aromatic carbocycles. The number of carbonyl (C=O) groups excluding carboxylic acids is 1. The van der Waals surface area contributed by atoms with Gasteiger partial charge in [0.15, 0.2) is 5.75 Å². The van der Waals surface area contributed by atoms with Crippen LogP contribution in [0, 0.1) is 10.1 Å². The Balaban J connectivity index is 3.12. The Morgan fingerprint density at radius 2 is 2.29 bits per heavy atom. The molecule has 0 heterocycles. The van der Waals surface area contributed by atoms with Crippen molar-refractivity contribution >= 4 is 11.7 Å². The number of hydrogen-bond donors (Lipinski definition) is 0. The lowest BCUT2D eigenvalue weighted by Gasteiger charge is -2.05. The third-order valence-electron chi connectivity index (χ3n) is 1.93. The van der Waals surface area contributed by atoms with Gasteiger partial charge in [-0.2, -0.15) is 0 Å². The van der Waals surface area contributed by atoms with Gasteiger partial charge >= 0.3 is 11.7 Å². The predicted molar refractivity (Wildman–Crippen MR) is 60.1 cm³/mol. The van der Waals surface area contributed by atoms with E-state index in [0.717, 1.165) is 6.07 Å². The van der Waals surface area contributed by atoms with Crippen LogP contribution >= 0.6 is 0 Å². The van der Waals surface area contributed by atoms with Crippen molar-refractivity contribution in [2.24, 2.45) is 0 Å². The van der Waals surface area contributed by atoms with Gasteiger partial charge in [0.25, 0.3) is 0 Å². The third-order valence-corrected chi connectivity index (χ3v) is 1.93. The number of hydrogen-bond acceptors (Lipinski definition) is 5. The third kappa shape index (κ3) is 3.04. The van der Waals surface area contributed by atoms with Crippen molar-refractivity contribution < 1.29 is 19.2 Å². The fourth-order valence-corrected chi connectivity index (χ4v) is 1.18. The maximum atomic E-state index is 11.2. The van der Waals surface area contributed by atoms with Gasteiger partial charge in [0.05, 0.1) is 17.6 Å². The summed E-state index contributed by atoms with van der Waals surface area (Å²) in [6, 6.07) is 3.87. The van der Waals surface area contributed by atoms with Crippen LogP contribution in [0.15, 0.2) is 30.9 Å². The highest BCUT2D eigenvalue weighted by molar-refractivity contribution is 5.90. The second-order valence-corrected chi connectivity index (χ2v) is 3.03. The summed E-state index contributed by atoms with van der Waals surface area (Å²) in [5, 5.41) is 10.8. The number of nitro groups is 1. The van der Waals surface area contributed by atoms with Crippen molar-refractivity contribution in [2.75, 3.05) is 13.7 Å². The molecule has 0 aliphatic rings. The molecule has 17 heavy (non-hydrogen) atoms. The van der Waals surface area contributed by atoms with Crippen LogP contribution in [0.5, 0.6) is 5.75 Å². The molecule has 0 aromatic heterocycles. The van der Waals surface area contributed by atoms with Crippen molar-refractivity contribution in [2.45, 2.75) is 0 Å². The summed E-state index contributed by atoms with van der Waals surface area (Å²) in [6.45, 7) is 3.59. The summed E-state index contributed by atoms with van der Waals surface area (Å²) in [5.41, 5.74) is -0.181. The Morgan fingerprint density at radius 3 is 2.82 bits per heavy atom. The maximum Gasteiger partial charge on any atom is 0.338 e. The highest BCUT2D eigenvalue weighted by Crippen LogP contribution is 2.28. The second kappa shape index (κ2) is 5.64. The van der Waals surface area contributed by atoms with Crippen molar-refractivity contribution in [1.82, 2.24) is 0 Å². The van der Waals surface area contributed by atoms with E-state index in [2.05, 4.69) is 11.3 Å². The summed E-state index contributed by atoms with van der Waals surface area (Å²) in [7, 11) is 1.20. The average molecular weight is 237 g/mol. The molecule has 0 radical (unpaired) electrons. The van der Waals surface area contributed by atoms with Gasteiger partial charge in [0, 0.05) is 6.07 Å². The van der Waals surface area contributed by atoms with Gasteiger partial charge in [-0.3, -0.25) is 10.1 Å². The molecular formula is C11H11NO5. The standard InChI is InChI=1S/C11H11NO5/c1-3-6-17-10-5-4-8(11(13)16-2)7-9(10)12(14)15/h3-5,7H,1,6H2,2H3. The van der Waals surface area contributed by atoms with Gasteiger partial charge in [-0.1, -0.05) is 12.7 Å². The van der Waals surface area contributed by atoms with E-state index in [9.17, 15) is 14.9 Å². The number of nitrogens with zero attached hydrogens (tertiary/aromatic N) is 1. The van der Waals surface area contributed by atoms with Gasteiger partial charge in [0.2, 0.25) is 0 Å². The summed E-state index contributed by atoms with van der Waals surface area (Å²) < 4.78 is 9.58. The fraction of sp³-hybridized carbons (Fsp3) is 0.182. The molecule has 0 unspecified atom stereocenters. The molecule has 0 saturated carbocycles. The number of esters is 1. The van der Waals surface area contributed by atoms with E-state index in [-0.39, 0.29) is 23.6 Å². The topological polar surface area (TPSA) is 78.7 Å². The van der Waals surface area contributed by atoms with Crippen LogP contribution in [-0.2, 0) is 4.74 Å². The first kappa shape index (κ1) is 12.7. The first-order valence-electron chi connectivity index (χ1n) is 4.70. The molecule has 0 N–H and O–H groups in total. The Hall–Kier alpha value is -2.37. The van der Waals surface area contributed by atoms with Crippen LogP contribution < -0.4 is 4.74 Å². The van der Waals surface area contributed by atoms with Crippen molar-refractivity contribution in [1.29, 1.82) is 0 Å². The second-order valence-electron chi connectivity index (χ2n) is 3.03. The van der Waals surface area contributed by atoms with E-state index in [1.807, 2.05) is 0 Å². The first-order valence-corrected chi connectivity index (χ1v) is 4.70. The van der Waals surface area contributed by atoms with Crippen LogP contribution in [0.3, 0.4) is 0 Å². The molecule has 0 aliphatic heterocycles. The van der Waals surface area contributed by atoms with E-state index in [1.165, 1.54) is 25.3 Å². The van der Waals surface area contributed by atoms with Gasteiger partial charge < -0.3 is 9.47 Å². The molecule has 0 spiro atoms. The SMILES string of the molecule is C=CCOc1ccc(C(=O)OC)cc1[N+](=O)[O-]. The van der Waals surface area contributed by atoms with Crippen LogP contribution in [0.1, 0.15) is 10.4 Å². The van der Waals surface area contributed by atoms with Crippen LogP contribution in [0.25, 0.3) is 0 Å². The molecule has 1 aromatic rings. The minimum atomic E-state index is -0.636. The lowest BCUT2D eigenvalue weighted by molar-refractivity contribution is -0.385. The molecule has 0 aliphatic carbocycles. The summed E-state index contributed by atoms with van der Waals surface area (Å²) >= 11 is 0. The van der Waals surface area contributed by atoms with Gasteiger partial charge in [-0.05, 0) is 12.1 Å². The highest BCUT2D eigenvalue weighted by atomic mass is 16.6. The van der Waals surface area contributed by atoms with Crippen molar-refractivity contribution in [3.05, 3.63) is 46.5 Å². The number of methoxy groups -OCH3 is 1. The zero-order chi connectivity index (χ0) is 12.8. The van der Waals surface area contributed by atoms with Crippen LogP contribution in [0.2, 0.25) is 0 Å². The number of nitro benzene ring substituents is 1. The normalized spacial score (nSPS) is 9.47. The number of carbonyl (C=O) groups is 1. The number of benzene rings is 1. The summed E-state index contributed by atoms with van der Waals surface area (Å²) in [6.07, 6.45) is 1.47. The van der Waals surface area contributed by atoms with Crippen LogP contribution in [0.4, 0.5) is 5.69 Å². The summed E-state index contributed by atoms with van der Waals surface area (Å²) in [4.78, 5) is 21.4. The summed E-state index contributed by atoms with van der Waals surface area (Å²) in [5.74, 6) is -0.550. The Labute approximate surface area is 97.6 Å². The Bertz CT molecular complexity index is 455. The van der Waals surface area contributed by atoms with Gasteiger partial charge in [0.1, 0.15) is 6.61 Å². The molecule has 0 amide bonds. The molecule has 90 valence electrons. The molecule has 0 fully saturated rings. The van der Waals surface area contributed by atoms with Crippen molar-refractivity contribution in [3.8, 4) is 5.75 Å². The number of ether oxygens (including phenoxy) is 2. The minimum absolute atomic E-state index is 0.0857. The lowest BCUT2D eigenvalue weighted by Crippen LogP contribution is -2.04.